The molecular weight excluding hydrogens is 279 g/mol. The van der Waals surface area contributed by atoms with Gasteiger partial charge in [0, 0.05) is 12.3 Å². The molecule has 7 heteroatoms. The number of carboxylic acid groups (broad SMARTS) is 1. The van der Waals surface area contributed by atoms with E-state index in [4.69, 9.17) is 10.2 Å². The normalized spacial score (nSPS) is 11.4. The van der Waals surface area contributed by atoms with Gasteiger partial charge in [-0.05, 0) is 23.8 Å². The third-order valence-corrected chi connectivity index (χ3v) is 2.64. The van der Waals surface area contributed by atoms with E-state index in [9.17, 15) is 14.0 Å². The molecule has 0 spiro atoms. The summed E-state index contributed by atoms with van der Waals surface area (Å²) in [5.74, 6) is -3.70. The first-order valence-corrected chi connectivity index (χ1v) is 5.92. The molecule has 108 valence electrons. The van der Waals surface area contributed by atoms with Crippen LogP contribution in [0.4, 0.5) is 4.39 Å². The van der Waals surface area contributed by atoms with Gasteiger partial charge in [0.05, 0.1) is 6.54 Å². The number of aliphatic hydroxyl groups is 1. The molecule has 2 N–H and O–H groups in total. The molecule has 0 saturated heterocycles. The lowest BCUT2D eigenvalue weighted by atomic mass is 10.2. The molecule has 1 heterocycles. The van der Waals surface area contributed by atoms with Crippen LogP contribution in [0.25, 0.3) is 0 Å². The summed E-state index contributed by atoms with van der Waals surface area (Å²) in [6.45, 7) is 0.336. The maximum Gasteiger partial charge on any atom is 0.371 e. The van der Waals surface area contributed by atoms with Crippen molar-refractivity contribution in [1.82, 2.24) is 9.78 Å². The van der Waals surface area contributed by atoms with Crippen molar-refractivity contribution >= 4 is 11.8 Å². The van der Waals surface area contributed by atoms with E-state index in [-0.39, 0.29) is 11.5 Å². The van der Waals surface area contributed by atoms with Gasteiger partial charge in [0.15, 0.2) is 0 Å². The van der Waals surface area contributed by atoms with Crippen LogP contribution in [-0.4, -0.2) is 31.7 Å². The second-order valence-electron chi connectivity index (χ2n) is 4.22. The molecule has 0 aliphatic heterocycles. The minimum Gasteiger partial charge on any atom is -0.502 e. The standard InChI is InChI=1S/C14H11FN2O4/c15-10-3-1-9(2-4-10)8-17-6-5-11(16-17)12(18)7-13(19)14(20)21/h1-7,19H,8H2,(H,20,21). The van der Waals surface area contributed by atoms with Gasteiger partial charge in [0.2, 0.25) is 11.5 Å². The van der Waals surface area contributed by atoms with Crippen molar-refractivity contribution in [1.29, 1.82) is 0 Å². The van der Waals surface area contributed by atoms with Crippen LogP contribution < -0.4 is 0 Å². The molecule has 0 radical (unpaired) electrons. The Bertz CT molecular complexity index is 704. The fourth-order valence-corrected chi connectivity index (χ4v) is 1.62. The van der Waals surface area contributed by atoms with E-state index in [0.29, 0.717) is 12.6 Å². The van der Waals surface area contributed by atoms with Crippen LogP contribution in [0.1, 0.15) is 16.1 Å². The van der Waals surface area contributed by atoms with Gasteiger partial charge in [-0.25, -0.2) is 9.18 Å². The number of aliphatic hydroxyl groups excluding tert-OH is 1. The first kappa shape index (κ1) is 14.4. The van der Waals surface area contributed by atoms with Gasteiger partial charge in [-0.15, -0.1) is 0 Å². The van der Waals surface area contributed by atoms with Crippen molar-refractivity contribution in [2.45, 2.75) is 6.54 Å². The summed E-state index contributed by atoms with van der Waals surface area (Å²) in [5, 5.41) is 21.4. The van der Waals surface area contributed by atoms with Crippen LogP contribution in [0.3, 0.4) is 0 Å². The number of ketones is 1. The molecule has 6 nitrogen and oxygen atoms in total. The Morgan fingerprint density at radius 3 is 2.48 bits per heavy atom. The van der Waals surface area contributed by atoms with E-state index in [1.807, 2.05) is 0 Å². The van der Waals surface area contributed by atoms with Gasteiger partial charge in [-0.3, -0.25) is 9.48 Å². The lowest BCUT2D eigenvalue weighted by Crippen LogP contribution is -2.06. The number of halogens is 1. The van der Waals surface area contributed by atoms with Crippen molar-refractivity contribution < 1.29 is 24.2 Å². The lowest BCUT2D eigenvalue weighted by Gasteiger charge is -2.01. The van der Waals surface area contributed by atoms with E-state index in [0.717, 1.165) is 5.56 Å². The van der Waals surface area contributed by atoms with Crippen LogP contribution in [0.2, 0.25) is 0 Å². The predicted octanol–water partition coefficient (Wildman–Crippen LogP) is 1.78. The zero-order valence-corrected chi connectivity index (χ0v) is 10.7. The zero-order valence-electron chi connectivity index (χ0n) is 10.7. The van der Waals surface area contributed by atoms with Crippen molar-refractivity contribution in [3.05, 3.63) is 65.4 Å². The first-order valence-electron chi connectivity index (χ1n) is 5.92. The third kappa shape index (κ3) is 3.75. The predicted molar refractivity (Wildman–Crippen MR) is 70.4 cm³/mol. The topological polar surface area (TPSA) is 92.4 Å². The van der Waals surface area contributed by atoms with E-state index >= 15 is 0 Å². The number of hydrogen-bond donors (Lipinski definition) is 2. The fraction of sp³-hybridized carbons (Fsp3) is 0.0714. The Hall–Kier alpha value is -2.96. The van der Waals surface area contributed by atoms with Gasteiger partial charge >= 0.3 is 5.97 Å². The van der Waals surface area contributed by atoms with Crippen LogP contribution in [0.5, 0.6) is 0 Å². The highest BCUT2D eigenvalue weighted by molar-refractivity contribution is 6.06. The number of hydrogen-bond acceptors (Lipinski definition) is 4. The molecule has 1 aromatic carbocycles. The van der Waals surface area contributed by atoms with Crippen LogP contribution in [-0.2, 0) is 11.3 Å². The monoisotopic (exact) mass is 290 g/mol. The molecule has 0 aliphatic carbocycles. The summed E-state index contributed by atoms with van der Waals surface area (Å²) in [7, 11) is 0. The van der Waals surface area contributed by atoms with Crippen molar-refractivity contribution in [3.63, 3.8) is 0 Å². The van der Waals surface area contributed by atoms with Gasteiger partial charge in [-0.1, -0.05) is 12.1 Å². The van der Waals surface area contributed by atoms with Crippen molar-refractivity contribution in [2.75, 3.05) is 0 Å². The summed E-state index contributed by atoms with van der Waals surface area (Å²) in [6, 6.07) is 7.22. The van der Waals surface area contributed by atoms with Gasteiger partial charge < -0.3 is 10.2 Å². The maximum absolute atomic E-state index is 12.8. The van der Waals surface area contributed by atoms with Crippen molar-refractivity contribution in [2.24, 2.45) is 0 Å². The highest BCUT2D eigenvalue weighted by atomic mass is 19.1. The Labute approximate surface area is 118 Å². The third-order valence-electron chi connectivity index (χ3n) is 2.64. The SMILES string of the molecule is O=C(O)C(O)=CC(=O)c1ccn(Cc2ccc(F)cc2)n1. The largest absolute Gasteiger partial charge is 0.502 e. The molecule has 2 rings (SSSR count). The molecule has 0 bridgehead atoms. The summed E-state index contributed by atoms with van der Waals surface area (Å²) in [4.78, 5) is 22.1. The Kier molecular flexibility index (Phi) is 4.13. The number of nitrogens with zero attached hydrogens (tertiary/aromatic N) is 2. The van der Waals surface area contributed by atoms with E-state index in [1.54, 1.807) is 12.1 Å². The number of rotatable bonds is 5. The number of benzene rings is 1. The van der Waals surface area contributed by atoms with Crippen LogP contribution in [0.15, 0.2) is 48.4 Å². The number of carbonyl (C=O) groups excluding carboxylic acids is 1. The van der Waals surface area contributed by atoms with E-state index in [1.165, 1.54) is 29.1 Å². The second kappa shape index (κ2) is 6.00. The average Bonchev–Trinajstić information content (AvgIpc) is 2.90. The number of aliphatic carboxylic acids is 1. The Morgan fingerprint density at radius 1 is 1.19 bits per heavy atom. The molecule has 0 atom stereocenters. The minimum atomic E-state index is -1.59. The average molecular weight is 290 g/mol. The number of aromatic nitrogens is 2. The van der Waals surface area contributed by atoms with Gasteiger partial charge in [0.25, 0.3) is 0 Å². The fourth-order valence-electron chi connectivity index (χ4n) is 1.62. The number of allylic oxidation sites excluding steroid dienone is 1. The quantitative estimate of drug-likeness (QED) is 0.497. The molecule has 1 aromatic heterocycles. The second-order valence-corrected chi connectivity index (χ2v) is 4.22. The lowest BCUT2D eigenvalue weighted by molar-refractivity contribution is -0.135. The highest BCUT2D eigenvalue weighted by Crippen LogP contribution is 2.06. The molecule has 0 unspecified atom stereocenters. The van der Waals surface area contributed by atoms with Gasteiger partial charge in [-0.2, -0.15) is 5.10 Å². The molecule has 0 amide bonds. The van der Waals surface area contributed by atoms with Crippen LogP contribution in [0, 0.1) is 5.82 Å². The molecule has 21 heavy (non-hydrogen) atoms. The zero-order chi connectivity index (χ0) is 15.4. The molecule has 0 aliphatic rings. The number of carboxylic acids is 1. The highest BCUT2D eigenvalue weighted by Gasteiger charge is 2.12. The van der Waals surface area contributed by atoms with Crippen LogP contribution >= 0.6 is 0 Å². The van der Waals surface area contributed by atoms with E-state index in [2.05, 4.69) is 5.10 Å². The first-order chi connectivity index (χ1) is 9.95. The molecule has 0 saturated carbocycles. The Morgan fingerprint density at radius 2 is 1.86 bits per heavy atom. The number of carbonyl (C=O) groups is 2. The van der Waals surface area contributed by atoms with E-state index < -0.39 is 17.5 Å². The summed E-state index contributed by atoms with van der Waals surface area (Å²) >= 11 is 0. The molecule has 0 fully saturated rings. The summed E-state index contributed by atoms with van der Waals surface area (Å²) in [6.07, 6.45) is 2.12. The Balaban J connectivity index is 2.11. The van der Waals surface area contributed by atoms with Gasteiger partial charge in [0.1, 0.15) is 11.5 Å². The molecular formula is C14H11FN2O4. The maximum atomic E-state index is 12.8. The summed E-state index contributed by atoms with van der Waals surface area (Å²) in [5.41, 5.74) is 0.798. The smallest absolute Gasteiger partial charge is 0.371 e. The summed E-state index contributed by atoms with van der Waals surface area (Å²) < 4.78 is 14.2. The van der Waals surface area contributed by atoms with Crippen molar-refractivity contribution in [3.8, 4) is 0 Å². The molecule has 2 aromatic rings. The minimum absolute atomic E-state index is 0.00455.